The maximum atomic E-state index is 13.0. The Labute approximate surface area is 147 Å². The van der Waals surface area contributed by atoms with Gasteiger partial charge in [-0.3, -0.25) is 4.79 Å². The van der Waals surface area contributed by atoms with Gasteiger partial charge in [0.2, 0.25) is 0 Å². The summed E-state index contributed by atoms with van der Waals surface area (Å²) >= 11 is 0. The third-order valence-electron chi connectivity index (χ3n) is 4.00. The molecular weight excluding hydrogens is 341 g/mol. The van der Waals surface area contributed by atoms with Gasteiger partial charge in [-0.05, 0) is 41.8 Å². The van der Waals surface area contributed by atoms with Crippen molar-refractivity contribution in [2.45, 2.75) is 13.1 Å². The lowest BCUT2D eigenvalue weighted by molar-refractivity contribution is -0.137. The molecular formula is C20H13F3N2O. The second kappa shape index (κ2) is 6.52. The zero-order valence-electron chi connectivity index (χ0n) is 13.7. The van der Waals surface area contributed by atoms with Gasteiger partial charge in [-0.15, -0.1) is 0 Å². The topological polar surface area (TPSA) is 56.6 Å². The smallest absolute Gasteiger partial charge is 0.325 e. The van der Waals surface area contributed by atoms with Crippen molar-refractivity contribution in [2.24, 2.45) is 0 Å². The minimum atomic E-state index is -4.46. The van der Waals surface area contributed by atoms with Crippen LogP contribution in [0.4, 0.5) is 13.2 Å². The van der Waals surface area contributed by atoms with Crippen molar-refractivity contribution in [3.63, 3.8) is 0 Å². The van der Waals surface area contributed by atoms with E-state index < -0.39 is 17.3 Å². The van der Waals surface area contributed by atoms with E-state index in [1.54, 1.807) is 43.3 Å². The van der Waals surface area contributed by atoms with E-state index in [1.807, 2.05) is 6.07 Å². The molecule has 0 atom stereocenters. The minimum Gasteiger partial charge on any atom is -0.325 e. The molecule has 0 radical (unpaired) electrons. The van der Waals surface area contributed by atoms with Crippen molar-refractivity contribution in [3.8, 4) is 28.3 Å². The number of benzene rings is 2. The Morgan fingerprint density at radius 3 is 2.31 bits per heavy atom. The summed E-state index contributed by atoms with van der Waals surface area (Å²) in [6, 6.07) is 15.3. The van der Waals surface area contributed by atoms with Gasteiger partial charge in [0.1, 0.15) is 11.6 Å². The summed E-state index contributed by atoms with van der Waals surface area (Å²) in [5, 5.41) is 9.34. The number of nitriles is 1. The Balaban J connectivity index is 2.28. The molecule has 3 rings (SSSR count). The molecule has 0 fully saturated rings. The van der Waals surface area contributed by atoms with Crippen molar-refractivity contribution >= 4 is 0 Å². The Hall–Kier alpha value is -3.33. The van der Waals surface area contributed by atoms with Crippen LogP contribution in [0.2, 0.25) is 0 Å². The van der Waals surface area contributed by atoms with Crippen LogP contribution in [0.1, 0.15) is 16.8 Å². The number of H-pyrrole nitrogens is 1. The lowest BCUT2D eigenvalue weighted by Crippen LogP contribution is -2.13. The molecule has 1 N–H and O–H groups in total. The maximum absolute atomic E-state index is 13.0. The molecule has 0 saturated carbocycles. The molecule has 0 amide bonds. The third kappa shape index (κ3) is 3.24. The third-order valence-corrected chi connectivity index (χ3v) is 4.00. The predicted octanol–water partition coefficient (Wildman–Crippen LogP) is 4.91. The summed E-state index contributed by atoms with van der Waals surface area (Å²) in [4.78, 5) is 14.6. The van der Waals surface area contributed by atoms with Gasteiger partial charge in [-0.2, -0.15) is 18.4 Å². The number of hydrogen-bond acceptors (Lipinski definition) is 2. The van der Waals surface area contributed by atoms with Crippen LogP contribution in [0.3, 0.4) is 0 Å². The van der Waals surface area contributed by atoms with Crippen LogP contribution in [-0.4, -0.2) is 4.98 Å². The van der Waals surface area contributed by atoms with E-state index >= 15 is 0 Å². The van der Waals surface area contributed by atoms with Crippen molar-refractivity contribution in [2.75, 3.05) is 0 Å². The SMILES string of the molecule is Cc1cc(-c2ccccc2-c2cccc(C(F)(F)F)c2)c(C#N)c(=O)[nH]1. The molecule has 0 unspecified atom stereocenters. The molecule has 3 aromatic rings. The van der Waals surface area contributed by atoms with E-state index in [0.29, 0.717) is 27.9 Å². The second-order valence-corrected chi connectivity index (χ2v) is 5.81. The highest BCUT2D eigenvalue weighted by molar-refractivity contribution is 5.86. The van der Waals surface area contributed by atoms with Gasteiger partial charge in [0.05, 0.1) is 5.56 Å². The normalized spacial score (nSPS) is 11.2. The van der Waals surface area contributed by atoms with Crippen molar-refractivity contribution in [3.05, 3.63) is 81.8 Å². The first-order chi connectivity index (χ1) is 12.3. The van der Waals surface area contributed by atoms with E-state index in [0.717, 1.165) is 12.1 Å². The van der Waals surface area contributed by atoms with Crippen molar-refractivity contribution in [1.82, 2.24) is 4.98 Å². The van der Waals surface area contributed by atoms with Crippen LogP contribution in [0.25, 0.3) is 22.3 Å². The molecule has 1 aromatic heterocycles. The lowest BCUT2D eigenvalue weighted by atomic mass is 9.91. The lowest BCUT2D eigenvalue weighted by Gasteiger charge is -2.14. The molecule has 26 heavy (non-hydrogen) atoms. The quantitative estimate of drug-likeness (QED) is 0.711. The number of aryl methyl sites for hydroxylation is 1. The highest BCUT2D eigenvalue weighted by Gasteiger charge is 2.30. The summed E-state index contributed by atoms with van der Waals surface area (Å²) in [5.74, 6) is 0. The van der Waals surface area contributed by atoms with Crippen LogP contribution < -0.4 is 5.56 Å². The van der Waals surface area contributed by atoms with Crippen LogP contribution in [-0.2, 0) is 6.18 Å². The zero-order valence-corrected chi connectivity index (χ0v) is 13.7. The first-order valence-electron chi connectivity index (χ1n) is 7.72. The summed E-state index contributed by atoms with van der Waals surface area (Å²) in [7, 11) is 0. The molecule has 6 heteroatoms. The molecule has 1 heterocycles. The van der Waals surface area contributed by atoms with Gasteiger partial charge in [-0.25, -0.2) is 0 Å². The predicted molar refractivity (Wildman–Crippen MR) is 92.4 cm³/mol. The molecule has 0 bridgehead atoms. The minimum absolute atomic E-state index is 0.0741. The monoisotopic (exact) mass is 354 g/mol. The van der Waals surface area contributed by atoms with Gasteiger partial charge in [0.25, 0.3) is 5.56 Å². The van der Waals surface area contributed by atoms with Gasteiger partial charge in [-0.1, -0.05) is 36.4 Å². The highest BCUT2D eigenvalue weighted by atomic mass is 19.4. The molecule has 3 nitrogen and oxygen atoms in total. The first kappa shape index (κ1) is 17.5. The fourth-order valence-corrected chi connectivity index (χ4v) is 2.84. The summed E-state index contributed by atoms with van der Waals surface area (Å²) < 4.78 is 39.1. The number of nitrogens with one attached hydrogen (secondary N) is 1. The Morgan fingerprint density at radius 1 is 0.962 bits per heavy atom. The van der Waals surface area contributed by atoms with Crippen LogP contribution in [0.15, 0.2) is 59.4 Å². The van der Waals surface area contributed by atoms with Crippen LogP contribution in [0.5, 0.6) is 0 Å². The molecule has 0 aliphatic heterocycles. The van der Waals surface area contributed by atoms with Gasteiger partial charge < -0.3 is 4.98 Å². The Morgan fingerprint density at radius 2 is 1.65 bits per heavy atom. The van der Waals surface area contributed by atoms with Gasteiger partial charge in [0.15, 0.2) is 0 Å². The number of halogens is 3. The average molecular weight is 354 g/mol. The number of aromatic nitrogens is 1. The zero-order chi connectivity index (χ0) is 18.9. The number of pyridine rings is 1. The maximum Gasteiger partial charge on any atom is 0.416 e. The fourth-order valence-electron chi connectivity index (χ4n) is 2.84. The van der Waals surface area contributed by atoms with E-state index in [2.05, 4.69) is 4.98 Å². The molecule has 0 spiro atoms. The number of hydrogen-bond donors (Lipinski definition) is 1. The van der Waals surface area contributed by atoms with Crippen LogP contribution in [0, 0.1) is 18.3 Å². The molecule has 2 aromatic carbocycles. The largest absolute Gasteiger partial charge is 0.416 e. The molecule has 0 aliphatic carbocycles. The molecule has 0 saturated heterocycles. The number of alkyl halides is 3. The van der Waals surface area contributed by atoms with E-state index in [9.17, 15) is 23.2 Å². The Bertz CT molecular complexity index is 1080. The van der Waals surface area contributed by atoms with E-state index in [1.165, 1.54) is 6.07 Å². The second-order valence-electron chi connectivity index (χ2n) is 5.81. The van der Waals surface area contributed by atoms with Crippen LogP contribution >= 0.6 is 0 Å². The van der Waals surface area contributed by atoms with E-state index in [-0.39, 0.29) is 5.56 Å². The van der Waals surface area contributed by atoms with Gasteiger partial charge in [0, 0.05) is 11.3 Å². The van der Waals surface area contributed by atoms with Crippen molar-refractivity contribution < 1.29 is 13.2 Å². The summed E-state index contributed by atoms with van der Waals surface area (Å²) in [5.41, 5.74) is 0.989. The first-order valence-corrected chi connectivity index (χ1v) is 7.72. The summed E-state index contributed by atoms with van der Waals surface area (Å²) in [6.45, 7) is 1.68. The number of rotatable bonds is 2. The molecule has 0 aliphatic rings. The van der Waals surface area contributed by atoms with Gasteiger partial charge >= 0.3 is 6.18 Å². The van der Waals surface area contributed by atoms with Crippen molar-refractivity contribution in [1.29, 1.82) is 5.26 Å². The average Bonchev–Trinajstić information content (AvgIpc) is 2.60. The molecule has 130 valence electrons. The highest BCUT2D eigenvalue weighted by Crippen LogP contribution is 2.36. The standard InChI is InChI=1S/C20H13F3N2O/c1-12-9-17(18(11-24)19(26)25-12)16-8-3-2-7-15(16)13-5-4-6-14(10-13)20(21,22)23/h2-10H,1H3,(H,25,26). The fraction of sp³-hybridized carbons (Fsp3) is 0.100. The number of aromatic amines is 1. The van der Waals surface area contributed by atoms with E-state index in [4.69, 9.17) is 0 Å². The number of nitrogens with zero attached hydrogens (tertiary/aromatic N) is 1. The summed E-state index contributed by atoms with van der Waals surface area (Å²) in [6.07, 6.45) is -4.46. The Kier molecular flexibility index (Phi) is 4.39.